The molecule has 0 spiro atoms. The average molecular weight is 504 g/mol. The molecule has 0 bridgehead atoms. The maximum Gasteiger partial charge on any atom is 0.262 e. The van der Waals surface area contributed by atoms with Crippen molar-refractivity contribution in [2.45, 2.75) is 33.2 Å². The van der Waals surface area contributed by atoms with Gasteiger partial charge in [-0.05, 0) is 58.6 Å². The predicted octanol–water partition coefficient (Wildman–Crippen LogP) is 4.51. The van der Waals surface area contributed by atoms with Crippen LogP contribution in [0.1, 0.15) is 25.8 Å². The van der Waals surface area contributed by atoms with Crippen LogP contribution in [0.15, 0.2) is 33.5 Å². The molecule has 170 valence electrons. The average Bonchev–Trinajstić information content (AvgIpc) is 3.19. The van der Waals surface area contributed by atoms with Crippen LogP contribution < -0.4 is 24.5 Å². The number of aryl methyl sites for hydroxylation is 1. The molecule has 0 atom stereocenters. The van der Waals surface area contributed by atoms with Crippen LogP contribution in [0.5, 0.6) is 23.0 Å². The molecule has 0 unspecified atom stereocenters. The van der Waals surface area contributed by atoms with Crippen molar-refractivity contribution in [1.29, 1.82) is 0 Å². The Labute approximate surface area is 194 Å². The molecule has 0 aliphatic carbocycles. The van der Waals surface area contributed by atoms with Gasteiger partial charge in [-0.3, -0.25) is 4.79 Å². The Balaban J connectivity index is 0.00000119. The number of aromatic nitrogens is 1. The zero-order valence-corrected chi connectivity index (χ0v) is 20.0. The topological polar surface area (TPSA) is 79.2 Å². The van der Waals surface area contributed by atoms with Gasteiger partial charge in [0.15, 0.2) is 23.0 Å². The fraction of sp³-hybridized carbons (Fsp3) is 0.375. The lowest BCUT2D eigenvalue weighted by atomic mass is 9.99. The third-order valence-electron chi connectivity index (χ3n) is 5.53. The molecular formula is C24H26BrNO6. The minimum atomic E-state index is -0.159. The van der Waals surface area contributed by atoms with Crippen LogP contribution in [0.4, 0.5) is 0 Å². The largest absolute Gasteiger partial charge is 0.493 e. The SMILES string of the molecule is CC.COc1ccc2c(Br)c3n(c(=O)c2c1OCCO)CCCc1cc2c(cc1-3)OCO2. The molecule has 0 fully saturated rings. The van der Waals surface area contributed by atoms with E-state index in [1.54, 1.807) is 10.6 Å². The Morgan fingerprint density at radius 3 is 2.66 bits per heavy atom. The van der Waals surface area contributed by atoms with Crippen molar-refractivity contribution in [2.75, 3.05) is 27.1 Å². The van der Waals surface area contributed by atoms with Crippen molar-refractivity contribution in [3.63, 3.8) is 0 Å². The lowest BCUT2D eigenvalue weighted by molar-refractivity contribution is 0.174. The van der Waals surface area contributed by atoms with E-state index in [0.29, 0.717) is 29.2 Å². The van der Waals surface area contributed by atoms with Crippen LogP contribution in [0, 0.1) is 0 Å². The van der Waals surface area contributed by atoms with E-state index in [1.807, 2.05) is 32.0 Å². The van der Waals surface area contributed by atoms with Crippen molar-refractivity contribution in [3.8, 4) is 34.3 Å². The van der Waals surface area contributed by atoms with Crippen LogP contribution in [0.25, 0.3) is 22.0 Å². The number of fused-ring (bicyclic) bond motifs is 5. The summed E-state index contributed by atoms with van der Waals surface area (Å²) in [5.41, 5.74) is 2.74. The molecule has 0 saturated carbocycles. The minimum Gasteiger partial charge on any atom is -0.493 e. The molecule has 0 amide bonds. The molecule has 2 aliphatic heterocycles. The first kappa shape index (κ1) is 22.5. The minimum absolute atomic E-state index is 0.0700. The summed E-state index contributed by atoms with van der Waals surface area (Å²) in [6, 6.07) is 7.59. The first-order valence-corrected chi connectivity index (χ1v) is 11.5. The van der Waals surface area contributed by atoms with E-state index < -0.39 is 0 Å². The molecule has 3 heterocycles. The maximum atomic E-state index is 13.7. The number of halogens is 1. The smallest absolute Gasteiger partial charge is 0.262 e. The summed E-state index contributed by atoms with van der Waals surface area (Å²) in [5, 5.41) is 10.4. The Bertz CT molecular complexity index is 1220. The number of rotatable bonds is 4. The highest BCUT2D eigenvalue weighted by Crippen LogP contribution is 2.45. The van der Waals surface area contributed by atoms with E-state index in [1.165, 1.54) is 7.11 Å². The number of benzene rings is 2. The number of pyridine rings is 1. The zero-order chi connectivity index (χ0) is 22.8. The molecule has 3 aromatic rings. The second-order valence-electron chi connectivity index (χ2n) is 7.18. The summed E-state index contributed by atoms with van der Waals surface area (Å²) in [6.45, 7) is 4.68. The van der Waals surface area contributed by atoms with Gasteiger partial charge >= 0.3 is 0 Å². The molecule has 7 nitrogen and oxygen atoms in total. The van der Waals surface area contributed by atoms with Crippen LogP contribution in [0.2, 0.25) is 0 Å². The third kappa shape index (κ3) is 3.61. The standard InChI is InChI=1S/C22H20BrNO6.C2H6/c1-27-15-5-4-13-18(21(15)28-8-7-25)22(26)24-6-2-3-12-9-16-17(30-11-29-16)10-14(12)20(24)19(13)23;1-2/h4-5,9-10,25H,2-3,6-8,11H2,1H3;1-2H3. The predicted molar refractivity (Wildman–Crippen MR) is 126 cm³/mol. The van der Waals surface area contributed by atoms with Gasteiger partial charge in [0.1, 0.15) is 6.61 Å². The van der Waals surface area contributed by atoms with Crippen LogP contribution in [-0.2, 0) is 13.0 Å². The fourth-order valence-corrected chi connectivity index (χ4v) is 4.97. The lowest BCUT2D eigenvalue weighted by Crippen LogP contribution is -2.23. The number of methoxy groups -OCH3 is 1. The van der Waals surface area contributed by atoms with Crippen molar-refractivity contribution in [3.05, 3.63) is 44.7 Å². The summed E-state index contributed by atoms with van der Waals surface area (Å²) in [5.74, 6) is 2.23. The first-order valence-electron chi connectivity index (χ1n) is 10.7. The Hall–Kier alpha value is -2.71. The Morgan fingerprint density at radius 1 is 1.19 bits per heavy atom. The summed E-state index contributed by atoms with van der Waals surface area (Å²) < 4.78 is 24.9. The zero-order valence-electron chi connectivity index (χ0n) is 18.4. The first-order chi connectivity index (χ1) is 15.6. The second kappa shape index (κ2) is 9.42. The van der Waals surface area contributed by atoms with E-state index in [9.17, 15) is 9.90 Å². The molecule has 0 saturated heterocycles. The Kier molecular flexibility index (Phi) is 6.62. The van der Waals surface area contributed by atoms with E-state index in [-0.39, 0.29) is 25.6 Å². The van der Waals surface area contributed by atoms with E-state index in [4.69, 9.17) is 18.9 Å². The molecular weight excluding hydrogens is 478 g/mol. The van der Waals surface area contributed by atoms with Crippen molar-refractivity contribution < 1.29 is 24.1 Å². The summed E-state index contributed by atoms with van der Waals surface area (Å²) in [4.78, 5) is 13.7. The molecule has 2 aromatic carbocycles. The maximum absolute atomic E-state index is 13.7. The molecule has 0 radical (unpaired) electrons. The monoisotopic (exact) mass is 503 g/mol. The quantitative estimate of drug-likeness (QED) is 0.564. The number of hydrogen-bond acceptors (Lipinski definition) is 6. The Morgan fingerprint density at radius 2 is 1.94 bits per heavy atom. The molecule has 5 rings (SSSR count). The highest BCUT2D eigenvalue weighted by atomic mass is 79.9. The number of nitrogens with zero attached hydrogens (tertiary/aromatic N) is 1. The number of aliphatic hydroxyl groups excluding tert-OH is 1. The van der Waals surface area contributed by atoms with E-state index in [0.717, 1.165) is 45.3 Å². The summed E-state index contributed by atoms with van der Waals surface area (Å²) in [6.07, 6.45) is 1.64. The van der Waals surface area contributed by atoms with Gasteiger partial charge in [0, 0.05) is 17.5 Å². The van der Waals surface area contributed by atoms with Gasteiger partial charge in [-0.15, -0.1) is 0 Å². The summed E-state index contributed by atoms with van der Waals surface area (Å²) >= 11 is 3.76. The van der Waals surface area contributed by atoms with Gasteiger partial charge in [-0.25, -0.2) is 0 Å². The molecule has 1 aromatic heterocycles. The van der Waals surface area contributed by atoms with Gasteiger partial charge in [0.25, 0.3) is 5.56 Å². The van der Waals surface area contributed by atoms with Gasteiger partial charge < -0.3 is 28.6 Å². The van der Waals surface area contributed by atoms with Gasteiger partial charge in [0.2, 0.25) is 6.79 Å². The summed E-state index contributed by atoms with van der Waals surface area (Å²) in [7, 11) is 1.53. The van der Waals surface area contributed by atoms with Crippen LogP contribution in [0.3, 0.4) is 0 Å². The van der Waals surface area contributed by atoms with Gasteiger partial charge in [-0.2, -0.15) is 0 Å². The fourth-order valence-electron chi connectivity index (χ4n) is 4.21. The normalized spacial score (nSPS) is 13.5. The van der Waals surface area contributed by atoms with Crippen LogP contribution >= 0.6 is 15.9 Å². The second-order valence-corrected chi connectivity index (χ2v) is 7.97. The molecule has 2 aliphatic rings. The molecule has 1 N–H and O–H groups in total. The highest BCUT2D eigenvalue weighted by Gasteiger charge is 2.27. The lowest BCUT2D eigenvalue weighted by Gasteiger charge is -2.19. The number of ether oxygens (including phenoxy) is 4. The van der Waals surface area contributed by atoms with E-state index in [2.05, 4.69) is 15.9 Å². The molecule has 32 heavy (non-hydrogen) atoms. The number of aliphatic hydroxyl groups is 1. The molecule has 8 heteroatoms. The van der Waals surface area contributed by atoms with Crippen molar-refractivity contribution in [1.82, 2.24) is 4.57 Å². The van der Waals surface area contributed by atoms with Crippen LogP contribution in [-0.4, -0.2) is 36.8 Å². The van der Waals surface area contributed by atoms with Gasteiger partial charge in [-0.1, -0.05) is 13.8 Å². The highest BCUT2D eigenvalue weighted by molar-refractivity contribution is 9.10. The van der Waals surface area contributed by atoms with Crippen molar-refractivity contribution in [2.24, 2.45) is 0 Å². The third-order valence-corrected chi connectivity index (χ3v) is 6.34. The van der Waals surface area contributed by atoms with E-state index >= 15 is 0 Å². The number of hydrogen-bond donors (Lipinski definition) is 1. The van der Waals surface area contributed by atoms with Crippen molar-refractivity contribution >= 4 is 26.7 Å². The van der Waals surface area contributed by atoms with Gasteiger partial charge in [0.05, 0.1) is 29.3 Å².